The van der Waals surface area contributed by atoms with E-state index < -0.39 is 6.61 Å². The zero-order valence-electron chi connectivity index (χ0n) is 17.2. The van der Waals surface area contributed by atoms with E-state index in [0.29, 0.717) is 17.5 Å². The summed E-state index contributed by atoms with van der Waals surface area (Å²) in [5.41, 5.74) is 0.584. The average Bonchev–Trinajstić information content (AvgIpc) is 3.46. The van der Waals surface area contributed by atoms with Crippen molar-refractivity contribution in [2.75, 3.05) is 10.6 Å². The van der Waals surface area contributed by atoms with Gasteiger partial charge in [0.15, 0.2) is 5.75 Å². The Hall–Kier alpha value is -4.16. The number of hydrogen-bond donors (Lipinski definition) is 2. The number of anilines is 2. The Kier molecular flexibility index (Phi) is 5.50. The molecular weight excluding hydrogens is 436 g/mol. The third-order valence-electron chi connectivity index (χ3n) is 5.34. The number of halogens is 2. The Bertz CT molecular complexity index is 1290. The highest BCUT2D eigenvalue weighted by atomic mass is 19.3. The molecule has 0 aliphatic heterocycles. The molecule has 33 heavy (non-hydrogen) atoms. The fourth-order valence-corrected chi connectivity index (χ4v) is 3.82. The van der Waals surface area contributed by atoms with Crippen LogP contribution in [0.1, 0.15) is 19.3 Å². The first-order valence-electron chi connectivity index (χ1n) is 10.2. The largest absolute Gasteiger partial charge is 0.432 e. The summed E-state index contributed by atoms with van der Waals surface area (Å²) in [5.74, 6) is 0.977. The second kappa shape index (κ2) is 8.76. The van der Waals surface area contributed by atoms with E-state index in [9.17, 15) is 13.6 Å². The molecule has 0 bridgehead atoms. The van der Waals surface area contributed by atoms with E-state index in [1.54, 1.807) is 18.6 Å². The smallest absolute Gasteiger partial charge is 0.387 e. The maximum absolute atomic E-state index is 12.5. The van der Waals surface area contributed by atoms with Gasteiger partial charge in [-0.1, -0.05) is 0 Å². The van der Waals surface area contributed by atoms with Crippen molar-refractivity contribution in [3.63, 3.8) is 0 Å². The van der Waals surface area contributed by atoms with Crippen molar-refractivity contribution >= 4 is 17.4 Å². The molecule has 170 valence electrons. The van der Waals surface area contributed by atoms with Crippen LogP contribution in [-0.2, 0) is 0 Å². The van der Waals surface area contributed by atoms with Gasteiger partial charge in [-0.2, -0.15) is 13.9 Å². The molecule has 0 spiro atoms. The lowest BCUT2D eigenvalue weighted by atomic mass is 10.2. The lowest BCUT2D eigenvalue weighted by molar-refractivity contribution is -0.0503. The summed E-state index contributed by atoms with van der Waals surface area (Å²) >= 11 is 0. The van der Waals surface area contributed by atoms with E-state index >= 15 is 0 Å². The van der Waals surface area contributed by atoms with Gasteiger partial charge >= 0.3 is 6.61 Å². The second-order valence-corrected chi connectivity index (χ2v) is 7.52. The number of aromatic nitrogens is 7. The molecule has 0 amide bonds. The number of pyridine rings is 1. The summed E-state index contributed by atoms with van der Waals surface area (Å²) in [4.78, 5) is 29.0. The first kappa shape index (κ1) is 20.7. The van der Waals surface area contributed by atoms with Crippen molar-refractivity contribution in [1.82, 2.24) is 34.1 Å². The molecule has 1 aliphatic carbocycles. The van der Waals surface area contributed by atoms with Crippen molar-refractivity contribution < 1.29 is 13.5 Å². The molecule has 0 aromatic carbocycles. The molecule has 4 aromatic heterocycles. The Morgan fingerprint density at radius 3 is 2.52 bits per heavy atom. The lowest BCUT2D eigenvalue weighted by Crippen LogP contribution is -2.22. The van der Waals surface area contributed by atoms with E-state index in [2.05, 4.69) is 40.4 Å². The summed E-state index contributed by atoms with van der Waals surface area (Å²) < 4.78 is 31.6. The quantitative estimate of drug-likeness (QED) is 0.431. The molecule has 1 fully saturated rings. The number of nitrogens with zero attached hydrogens (tertiary/aromatic N) is 7. The molecule has 0 radical (unpaired) electrons. The third-order valence-corrected chi connectivity index (χ3v) is 5.34. The molecule has 5 rings (SSSR count). The lowest BCUT2D eigenvalue weighted by Gasteiger charge is -2.15. The highest BCUT2D eigenvalue weighted by Gasteiger charge is 2.25. The van der Waals surface area contributed by atoms with Gasteiger partial charge in [-0.3, -0.25) is 9.36 Å². The van der Waals surface area contributed by atoms with Gasteiger partial charge in [-0.05, 0) is 31.4 Å². The number of ether oxygens (including phenoxy) is 1. The Balaban J connectivity index is 1.18. The minimum Gasteiger partial charge on any atom is -0.432 e. The summed E-state index contributed by atoms with van der Waals surface area (Å²) in [5, 5.41) is 10.6. The van der Waals surface area contributed by atoms with Gasteiger partial charge in [0.25, 0.3) is 5.56 Å². The van der Waals surface area contributed by atoms with Crippen molar-refractivity contribution in [3.05, 3.63) is 59.8 Å². The maximum Gasteiger partial charge on any atom is 0.387 e. The molecule has 1 aliphatic rings. The predicted octanol–water partition coefficient (Wildman–Crippen LogP) is 2.11. The molecular formula is C20H19F2N9O2. The molecule has 0 unspecified atom stereocenters. The maximum atomic E-state index is 12.5. The Morgan fingerprint density at radius 1 is 1.00 bits per heavy atom. The fraction of sp³-hybridized carbons (Fsp3) is 0.300. The number of alkyl halides is 2. The Morgan fingerprint density at radius 2 is 1.79 bits per heavy atom. The Labute approximate surface area is 185 Å². The SMILES string of the molecule is O=c1c2ncnn2ccn1-c1ccc(N[C@H]2CC[C@H](Nc3ncc(OC(F)F)cn3)C2)nc1. The van der Waals surface area contributed by atoms with Crippen LogP contribution in [0.4, 0.5) is 20.5 Å². The van der Waals surface area contributed by atoms with Crippen LogP contribution in [0, 0.1) is 0 Å². The van der Waals surface area contributed by atoms with Crippen LogP contribution in [0.2, 0.25) is 0 Å². The number of rotatable bonds is 7. The van der Waals surface area contributed by atoms with E-state index in [0.717, 1.165) is 19.3 Å². The van der Waals surface area contributed by atoms with Gasteiger partial charge in [0.2, 0.25) is 11.6 Å². The summed E-state index contributed by atoms with van der Waals surface area (Å²) in [6, 6.07) is 3.96. The standard InChI is InChI=1S/C20H19F2N9O2/c21-19(22)33-15-9-24-20(25-10-15)29-13-2-1-12(7-13)28-16-4-3-14(8-23-16)30-5-6-31-17(18(30)32)26-11-27-31/h3-6,8-13,19H,1-2,7H2,(H,23,28)(H,24,25,29)/t12-,13-/m0/s1. The van der Waals surface area contributed by atoms with Crippen molar-refractivity contribution in [3.8, 4) is 11.4 Å². The van der Waals surface area contributed by atoms with E-state index in [1.807, 2.05) is 12.1 Å². The van der Waals surface area contributed by atoms with Crippen LogP contribution in [0.5, 0.6) is 5.75 Å². The summed E-state index contributed by atoms with van der Waals surface area (Å²) in [6.07, 6.45) is 11.3. The van der Waals surface area contributed by atoms with Crippen LogP contribution in [-0.4, -0.2) is 52.8 Å². The normalized spacial score (nSPS) is 18.0. The molecule has 0 saturated heterocycles. The molecule has 2 atom stereocenters. The minimum absolute atomic E-state index is 0.0836. The van der Waals surface area contributed by atoms with Gasteiger partial charge in [-0.15, -0.1) is 0 Å². The monoisotopic (exact) mass is 455 g/mol. The number of hydrogen-bond acceptors (Lipinski definition) is 9. The number of fused-ring (bicyclic) bond motifs is 1. The van der Waals surface area contributed by atoms with Gasteiger partial charge in [0, 0.05) is 24.5 Å². The molecule has 11 nitrogen and oxygen atoms in total. The molecule has 4 heterocycles. The first-order chi connectivity index (χ1) is 16.0. The molecule has 4 aromatic rings. The van der Waals surface area contributed by atoms with Crippen LogP contribution >= 0.6 is 0 Å². The van der Waals surface area contributed by atoms with Crippen LogP contribution < -0.4 is 20.9 Å². The zero-order valence-corrected chi connectivity index (χ0v) is 17.2. The van der Waals surface area contributed by atoms with E-state index in [-0.39, 0.29) is 29.0 Å². The second-order valence-electron chi connectivity index (χ2n) is 7.52. The third kappa shape index (κ3) is 4.56. The topological polar surface area (TPSA) is 124 Å². The highest BCUT2D eigenvalue weighted by molar-refractivity contribution is 5.44. The minimum atomic E-state index is -2.91. The van der Waals surface area contributed by atoms with Crippen molar-refractivity contribution in [2.45, 2.75) is 38.0 Å². The van der Waals surface area contributed by atoms with Crippen LogP contribution in [0.3, 0.4) is 0 Å². The van der Waals surface area contributed by atoms with Crippen LogP contribution in [0.25, 0.3) is 11.3 Å². The molecule has 13 heteroatoms. The zero-order chi connectivity index (χ0) is 22.8. The van der Waals surface area contributed by atoms with Gasteiger partial charge in [0.05, 0.1) is 24.3 Å². The molecule has 1 saturated carbocycles. The van der Waals surface area contributed by atoms with Crippen molar-refractivity contribution in [2.24, 2.45) is 0 Å². The van der Waals surface area contributed by atoms with E-state index in [4.69, 9.17) is 0 Å². The van der Waals surface area contributed by atoms with Gasteiger partial charge < -0.3 is 15.4 Å². The number of nitrogens with one attached hydrogen (secondary N) is 2. The van der Waals surface area contributed by atoms with Gasteiger partial charge in [0.1, 0.15) is 12.1 Å². The predicted molar refractivity (Wildman–Crippen MR) is 114 cm³/mol. The summed E-state index contributed by atoms with van der Waals surface area (Å²) in [7, 11) is 0. The average molecular weight is 455 g/mol. The summed E-state index contributed by atoms with van der Waals surface area (Å²) in [6.45, 7) is -2.91. The van der Waals surface area contributed by atoms with E-state index in [1.165, 1.54) is 27.8 Å². The highest BCUT2D eigenvalue weighted by Crippen LogP contribution is 2.25. The first-order valence-corrected chi connectivity index (χ1v) is 10.2. The fourth-order valence-electron chi connectivity index (χ4n) is 3.82. The molecule has 2 N–H and O–H groups in total. The van der Waals surface area contributed by atoms with Crippen LogP contribution in [0.15, 0.2) is 54.2 Å². The van der Waals surface area contributed by atoms with Gasteiger partial charge in [-0.25, -0.2) is 24.5 Å². The van der Waals surface area contributed by atoms with Crippen molar-refractivity contribution in [1.29, 1.82) is 0 Å².